The SMILES string of the molecule is CCS(=O)(=O)NCC[C@@H]1CN(Cc2cccc(C)n2)Cc2ccnn2C1. The first-order valence-corrected chi connectivity index (χ1v) is 10.7. The minimum Gasteiger partial charge on any atom is -0.291 e. The van der Waals surface area contributed by atoms with Crippen LogP contribution in [0.5, 0.6) is 0 Å². The van der Waals surface area contributed by atoms with Crippen molar-refractivity contribution in [3.8, 4) is 0 Å². The van der Waals surface area contributed by atoms with E-state index < -0.39 is 10.0 Å². The molecule has 0 bridgehead atoms. The summed E-state index contributed by atoms with van der Waals surface area (Å²) in [7, 11) is -3.14. The molecule has 1 N–H and O–H groups in total. The van der Waals surface area contributed by atoms with Gasteiger partial charge in [0, 0.05) is 44.6 Å². The number of hydrogen-bond donors (Lipinski definition) is 1. The molecule has 1 atom stereocenters. The van der Waals surface area contributed by atoms with Crippen molar-refractivity contribution >= 4 is 10.0 Å². The molecule has 1 aliphatic rings. The van der Waals surface area contributed by atoms with Crippen molar-refractivity contribution in [2.45, 2.75) is 39.9 Å². The van der Waals surface area contributed by atoms with Crippen LogP contribution in [0.15, 0.2) is 30.5 Å². The van der Waals surface area contributed by atoms with E-state index in [-0.39, 0.29) is 5.75 Å². The second-order valence-corrected chi connectivity index (χ2v) is 8.99. The monoisotopic (exact) mass is 377 g/mol. The highest BCUT2D eigenvalue weighted by atomic mass is 32.2. The Kier molecular flexibility index (Phi) is 6.05. The number of nitrogens with one attached hydrogen (secondary N) is 1. The third-order valence-electron chi connectivity index (χ3n) is 4.72. The highest BCUT2D eigenvalue weighted by Crippen LogP contribution is 2.19. The van der Waals surface area contributed by atoms with Gasteiger partial charge in [-0.25, -0.2) is 13.1 Å². The molecule has 2 aromatic rings. The summed E-state index contributed by atoms with van der Waals surface area (Å²) in [5, 5.41) is 4.43. The maximum Gasteiger partial charge on any atom is 0.211 e. The van der Waals surface area contributed by atoms with Crippen LogP contribution >= 0.6 is 0 Å². The van der Waals surface area contributed by atoms with E-state index >= 15 is 0 Å². The molecular weight excluding hydrogens is 350 g/mol. The molecule has 8 heteroatoms. The lowest BCUT2D eigenvalue weighted by Gasteiger charge is -2.23. The number of pyridine rings is 1. The van der Waals surface area contributed by atoms with E-state index in [4.69, 9.17) is 0 Å². The van der Waals surface area contributed by atoms with Gasteiger partial charge in [0.15, 0.2) is 0 Å². The van der Waals surface area contributed by atoms with E-state index in [0.29, 0.717) is 12.5 Å². The summed E-state index contributed by atoms with van der Waals surface area (Å²) < 4.78 is 28.0. The van der Waals surface area contributed by atoms with Gasteiger partial charge in [0.2, 0.25) is 10.0 Å². The van der Waals surface area contributed by atoms with E-state index in [9.17, 15) is 8.42 Å². The summed E-state index contributed by atoms with van der Waals surface area (Å²) in [5.74, 6) is 0.451. The highest BCUT2D eigenvalue weighted by molar-refractivity contribution is 7.89. The lowest BCUT2D eigenvalue weighted by Crippen LogP contribution is -2.32. The first kappa shape index (κ1) is 19.0. The largest absolute Gasteiger partial charge is 0.291 e. The van der Waals surface area contributed by atoms with Gasteiger partial charge in [0.25, 0.3) is 0 Å². The van der Waals surface area contributed by atoms with E-state index in [0.717, 1.165) is 44.0 Å². The summed E-state index contributed by atoms with van der Waals surface area (Å²) in [4.78, 5) is 6.99. The van der Waals surface area contributed by atoms with E-state index in [1.54, 1.807) is 6.92 Å². The molecule has 26 heavy (non-hydrogen) atoms. The van der Waals surface area contributed by atoms with Crippen LogP contribution in [0, 0.1) is 12.8 Å². The van der Waals surface area contributed by atoms with Gasteiger partial charge in [0.1, 0.15) is 0 Å². The zero-order valence-corrected chi connectivity index (χ0v) is 16.2. The molecule has 0 saturated heterocycles. The van der Waals surface area contributed by atoms with Gasteiger partial charge in [-0.3, -0.25) is 14.6 Å². The number of aromatic nitrogens is 3. The van der Waals surface area contributed by atoms with Gasteiger partial charge >= 0.3 is 0 Å². The van der Waals surface area contributed by atoms with Crippen molar-refractivity contribution in [1.82, 2.24) is 24.4 Å². The average Bonchev–Trinajstić information content (AvgIpc) is 2.94. The molecule has 0 aliphatic carbocycles. The molecule has 0 saturated carbocycles. The van der Waals surface area contributed by atoms with Crippen molar-refractivity contribution in [2.24, 2.45) is 5.92 Å². The van der Waals surface area contributed by atoms with Gasteiger partial charge in [-0.2, -0.15) is 5.10 Å². The molecule has 0 spiro atoms. The summed E-state index contributed by atoms with van der Waals surface area (Å²) in [6, 6.07) is 8.15. The molecule has 0 amide bonds. The molecule has 0 aromatic carbocycles. The van der Waals surface area contributed by atoms with Crippen LogP contribution < -0.4 is 4.72 Å². The summed E-state index contributed by atoms with van der Waals surface area (Å²) in [6.45, 7) is 7.44. The topological polar surface area (TPSA) is 80.1 Å². The molecule has 7 nitrogen and oxygen atoms in total. The number of nitrogens with zero attached hydrogens (tertiary/aromatic N) is 4. The Balaban J connectivity index is 1.68. The van der Waals surface area contributed by atoms with Crippen LogP contribution in [0.25, 0.3) is 0 Å². The molecule has 0 unspecified atom stereocenters. The fraction of sp³-hybridized carbons (Fsp3) is 0.556. The minimum atomic E-state index is -3.14. The van der Waals surface area contributed by atoms with Crippen LogP contribution in [-0.4, -0.2) is 46.9 Å². The highest BCUT2D eigenvalue weighted by Gasteiger charge is 2.23. The fourth-order valence-corrected chi connectivity index (χ4v) is 3.99. The normalized spacial score (nSPS) is 18.5. The predicted molar refractivity (Wildman–Crippen MR) is 101 cm³/mol. The zero-order chi connectivity index (χ0) is 18.6. The van der Waals surface area contributed by atoms with Crippen molar-refractivity contribution in [3.63, 3.8) is 0 Å². The molecule has 1 aliphatic heterocycles. The van der Waals surface area contributed by atoms with Crippen molar-refractivity contribution < 1.29 is 8.42 Å². The maximum atomic E-state index is 11.7. The van der Waals surface area contributed by atoms with Gasteiger partial charge < -0.3 is 0 Å². The van der Waals surface area contributed by atoms with Gasteiger partial charge in [-0.05, 0) is 44.4 Å². The van der Waals surface area contributed by atoms with E-state index in [2.05, 4.69) is 31.8 Å². The number of rotatable bonds is 7. The Morgan fingerprint density at radius 3 is 2.88 bits per heavy atom. The van der Waals surface area contributed by atoms with Crippen LogP contribution in [0.2, 0.25) is 0 Å². The van der Waals surface area contributed by atoms with Crippen molar-refractivity contribution in [2.75, 3.05) is 18.8 Å². The third kappa shape index (κ3) is 5.12. The first-order chi connectivity index (χ1) is 12.4. The second-order valence-electron chi connectivity index (χ2n) is 6.90. The number of sulfonamides is 1. The minimum absolute atomic E-state index is 0.117. The lowest BCUT2D eigenvalue weighted by molar-refractivity contribution is 0.213. The maximum absolute atomic E-state index is 11.7. The Labute approximate surface area is 155 Å². The summed E-state index contributed by atoms with van der Waals surface area (Å²) in [6.07, 6.45) is 2.62. The average molecular weight is 378 g/mol. The Morgan fingerprint density at radius 1 is 1.27 bits per heavy atom. The summed E-state index contributed by atoms with van der Waals surface area (Å²) in [5.41, 5.74) is 3.27. The smallest absolute Gasteiger partial charge is 0.211 e. The van der Waals surface area contributed by atoms with Crippen LogP contribution in [-0.2, 0) is 29.7 Å². The molecule has 3 heterocycles. The molecule has 0 radical (unpaired) electrons. The number of hydrogen-bond acceptors (Lipinski definition) is 5. The molecular formula is C18H27N5O2S. The van der Waals surface area contributed by atoms with E-state index in [1.165, 1.54) is 5.69 Å². The second kappa shape index (κ2) is 8.28. The first-order valence-electron chi connectivity index (χ1n) is 9.08. The van der Waals surface area contributed by atoms with Crippen LogP contribution in [0.1, 0.15) is 30.4 Å². The Hall–Kier alpha value is -1.77. The Bertz CT molecular complexity index is 834. The number of fused-ring (bicyclic) bond motifs is 1. The van der Waals surface area contributed by atoms with Crippen LogP contribution in [0.4, 0.5) is 0 Å². The van der Waals surface area contributed by atoms with Crippen molar-refractivity contribution in [3.05, 3.63) is 47.5 Å². The van der Waals surface area contributed by atoms with Gasteiger partial charge in [-0.1, -0.05) is 6.07 Å². The fourth-order valence-electron chi connectivity index (χ4n) is 3.36. The standard InChI is InChI=1S/C18H27N5O2S/c1-3-26(24,25)20-10-7-16-11-22(13-17-6-4-5-15(2)21-17)14-18-8-9-19-23(18)12-16/h4-6,8-9,16,20H,3,7,10-14H2,1-2H3/t16-/m1/s1. The van der Waals surface area contributed by atoms with Gasteiger partial charge in [0.05, 0.1) is 17.1 Å². The van der Waals surface area contributed by atoms with Gasteiger partial charge in [-0.15, -0.1) is 0 Å². The Morgan fingerprint density at radius 2 is 2.12 bits per heavy atom. The lowest BCUT2D eigenvalue weighted by atomic mass is 10.1. The molecule has 142 valence electrons. The molecule has 2 aromatic heterocycles. The zero-order valence-electron chi connectivity index (χ0n) is 15.4. The molecule has 0 fully saturated rings. The third-order valence-corrected chi connectivity index (χ3v) is 6.13. The van der Waals surface area contributed by atoms with Crippen molar-refractivity contribution in [1.29, 1.82) is 0 Å². The molecule has 3 rings (SSSR count). The van der Waals surface area contributed by atoms with E-state index in [1.807, 2.05) is 29.9 Å². The number of aryl methyl sites for hydroxylation is 1. The predicted octanol–water partition coefficient (Wildman–Crippen LogP) is 1.55. The quantitative estimate of drug-likeness (QED) is 0.792. The summed E-state index contributed by atoms with van der Waals surface area (Å²) >= 11 is 0. The van der Waals surface area contributed by atoms with Crippen LogP contribution in [0.3, 0.4) is 0 Å².